The summed E-state index contributed by atoms with van der Waals surface area (Å²) in [4.78, 5) is 23.6. The quantitative estimate of drug-likeness (QED) is 0.179. The van der Waals surface area contributed by atoms with E-state index in [-0.39, 0.29) is 17.9 Å². The second-order valence-corrected chi connectivity index (χ2v) is 9.14. The summed E-state index contributed by atoms with van der Waals surface area (Å²) in [6, 6.07) is 0. The second kappa shape index (κ2) is 16.8. The Hall–Kier alpha value is -1.84. The number of allylic oxidation sites excluding steroid dienone is 4. The number of unbranched alkanes of at least 4 members (excludes halogenated alkanes) is 12. The van der Waals surface area contributed by atoms with Crippen LogP contribution in [0.4, 0.5) is 0 Å². The highest BCUT2D eigenvalue weighted by molar-refractivity contribution is 5.91. The van der Waals surface area contributed by atoms with Gasteiger partial charge in [0, 0.05) is 12.1 Å². The fraction of sp³-hybridized carbons (Fsp3) is 0.704. The van der Waals surface area contributed by atoms with Crippen molar-refractivity contribution in [3.8, 4) is 0 Å². The molecule has 1 unspecified atom stereocenters. The van der Waals surface area contributed by atoms with Crippen LogP contribution < -0.4 is 5.32 Å². The zero-order valence-corrected chi connectivity index (χ0v) is 20.0. The Bertz CT molecular complexity index is 606. The van der Waals surface area contributed by atoms with Gasteiger partial charge < -0.3 is 10.4 Å². The molecule has 1 rings (SSSR count). The first-order chi connectivity index (χ1) is 15.0. The summed E-state index contributed by atoms with van der Waals surface area (Å²) in [5, 5.41) is 12.1. The lowest BCUT2D eigenvalue weighted by Gasteiger charge is -2.27. The molecule has 2 N–H and O–H groups in total. The van der Waals surface area contributed by atoms with Crippen molar-refractivity contribution in [2.45, 2.75) is 110 Å². The molecule has 1 aliphatic carbocycles. The van der Waals surface area contributed by atoms with E-state index in [4.69, 9.17) is 5.11 Å². The van der Waals surface area contributed by atoms with Gasteiger partial charge in [-0.1, -0.05) is 95.1 Å². The van der Waals surface area contributed by atoms with E-state index in [1.807, 2.05) is 0 Å². The number of nitrogens with one attached hydrogen (secondary N) is 1. The third-order valence-electron chi connectivity index (χ3n) is 6.09. The first kappa shape index (κ1) is 27.2. The molecule has 4 heteroatoms. The number of carbonyl (C=O) groups excluding carboxylic acids is 1. The largest absolute Gasteiger partial charge is 0.478 e. The number of amides is 1. The maximum absolute atomic E-state index is 12.5. The van der Waals surface area contributed by atoms with E-state index in [1.54, 1.807) is 25.2 Å². The van der Waals surface area contributed by atoms with Crippen LogP contribution >= 0.6 is 0 Å². The Morgan fingerprint density at radius 3 is 2.06 bits per heavy atom. The van der Waals surface area contributed by atoms with E-state index in [1.165, 1.54) is 77.0 Å². The lowest BCUT2D eigenvalue weighted by molar-refractivity contribution is -0.133. The summed E-state index contributed by atoms with van der Waals surface area (Å²) >= 11 is 0. The number of carboxylic acids is 1. The maximum Gasteiger partial charge on any atom is 0.331 e. The van der Waals surface area contributed by atoms with Gasteiger partial charge in [0.15, 0.2) is 0 Å². The van der Waals surface area contributed by atoms with E-state index in [0.717, 1.165) is 12.8 Å². The van der Waals surface area contributed by atoms with Crippen LogP contribution in [0.1, 0.15) is 110 Å². The molecule has 0 saturated heterocycles. The molecular formula is C27H45NO3. The Morgan fingerprint density at radius 1 is 0.935 bits per heavy atom. The van der Waals surface area contributed by atoms with E-state index in [2.05, 4.69) is 24.4 Å². The third-order valence-corrected chi connectivity index (χ3v) is 6.09. The molecular weight excluding hydrogens is 386 g/mol. The number of rotatable bonds is 18. The van der Waals surface area contributed by atoms with Gasteiger partial charge in [-0.05, 0) is 45.4 Å². The highest BCUT2D eigenvalue weighted by Gasteiger charge is 2.34. The zero-order valence-electron chi connectivity index (χ0n) is 20.0. The summed E-state index contributed by atoms with van der Waals surface area (Å²) in [6.07, 6.45) is 27.8. The van der Waals surface area contributed by atoms with Gasteiger partial charge in [0.2, 0.25) is 5.91 Å². The molecule has 0 aromatic rings. The van der Waals surface area contributed by atoms with Crippen molar-refractivity contribution in [2.24, 2.45) is 5.41 Å². The highest BCUT2D eigenvalue weighted by atomic mass is 16.4. The van der Waals surface area contributed by atoms with Crippen LogP contribution in [0.15, 0.2) is 36.0 Å². The molecule has 31 heavy (non-hydrogen) atoms. The fourth-order valence-corrected chi connectivity index (χ4v) is 3.97. The molecule has 4 nitrogen and oxygen atoms in total. The average molecular weight is 432 g/mol. The first-order valence-corrected chi connectivity index (χ1v) is 12.5. The molecule has 0 heterocycles. The molecule has 0 radical (unpaired) electrons. The Morgan fingerprint density at radius 2 is 1.48 bits per heavy atom. The molecule has 0 aliphatic heterocycles. The Labute approximate surface area is 190 Å². The highest BCUT2D eigenvalue weighted by Crippen LogP contribution is 2.31. The summed E-state index contributed by atoms with van der Waals surface area (Å²) in [5.74, 6) is -1.03. The fourth-order valence-electron chi connectivity index (χ4n) is 3.97. The van der Waals surface area contributed by atoms with Crippen LogP contribution in [0.2, 0.25) is 0 Å². The minimum atomic E-state index is -0.948. The van der Waals surface area contributed by atoms with Crippen molar-refractivity contribution >= 4 is 11.9 Å². The van der Waals surface area contributed by atoms with Gasteiger partial charge in [-0.3, -0.25) is 4.79 Å². The molecule has 0 aromatic heterocycles. The van der Waals surface area contributed by atoms with Crippen molar-refractivity contribution in [3.63, 3.8) is 0 Å². The minimum Gasteiger partial charge on any atom is -0.478 e. The third kappa shape index (κ3) is 12.6. The van der Waals surface area contributed by atoms with Gasteiger partial charge in [0.25, 0.3) is 0 Å². The number of hydrogen-bond acceptors (Lipinski definition) is 2. The monoisotopic (exact) mass is 431 g/mol. The summed E-state index contributed by atoms with van der Waals surface area (Å²) in [5.41, 5.74) is -0.470. The zero-order chi connectivity index (χ0) is 22.8. The molecule has 0 spiro atoms. The molecule has 1 aliphatic rings. The van der Waals surface area contributed by atoms with Crippen LogP contribution in [0.5, 0.6) is 0 Å². The molecule has 1 amide bonds. The van der Waals surface area contributed by atoms with Crippen LogP contribution in [0, 0.1) is 5.41 Å². The van der Waals surface area contributed by atoms with Gasteiger partial charge >= 0.3 is 5.97 Å². The van der Waals surface area contributed by atoms with Crippen LogP contribution in [0.25, 0.3) is 0 Å². The van der Waals surface area contributed by atoms with E-state index >= 15 is 0 Å². The summed E-state index contributed by atoms with van der Waals surface area (Å²) < 4.78 is 0. The molecule has 0 saturated carbocycles. The predicted octanol–water partition coefficient (Wildman–Crippen LogP) is 7.12. The van der Waals surface area contributed by atoms with Crippen LogP contribution in [0.3, 0.4) is 0 Å². The Balaban J connectivity index is 1.94. The van der Waals surface area contributed by atoms with Gasteiger partial charge in [-0.25, -0.2) is 4.79 Å². The minimum absolute atomic E-state index is 0.0802. The van der Waals surface area contributed by atoms with Crippen molar-refractivity contribution in [1.29, 1.82) is 0 Å². The SMILES string of the molecule is CCCCCCCC/C=C\CCCCCCCCNC(=O)C1(C)C=CC=C(C(=O)O)C1. The second-order valence-electron chi connectivity index (χ2n) is 9.14. The summed E-state index contributed by atoms with van der Waals surface area (Å²) in [7, 11) is 0. The summed E-state index contributed by atoms with van der Waals surface area (Å²) in [6.45, 7) is 4.73. The predicted molar refractivity (Wildman–Crippen MR) is 130 cm³/mol. The number of carbonyl (C=O) groups is 2. The molecule has 0 aromatic carbocycles. The van der Waals surface area contributed by atoms with E-state index < -0.39 is 11.4 Å². The van der Waals surface area contributed by atoms with Crippen molar-refractivity contribution < 1.29 is 14.7 Å². The molecule has 0 bridgehead atoms. The van der Waals surface area contributed by atoms with Crippen molar-refractivity contribution in [3.05, 3.63) is 36.0 Å². The van der Waals surface area contributed by atoms with E-state index in [9.17, 15) is 9.59 Å². The van der Waals surface area contributed by atoms with Crippen molar-refractivity contribution in [2.75, 3.05) is 6.54 Å². The lowest BCUT2D eigenvalue weighted by Crippen LogP contribution is -2.39. The Kier molecular flexibility index (Phi) is 14.7. The van der Waals surface area contributed by atoms with Crippen molar-refractivity contribution in [1.82, 2.24) is 5.32 Å². The van der Waals surface area contributed by atoms with E-state index in [0.29, 0.717) is 6.54 Å². The topological polar surface area (TPSA) is 66.4 Å². The molecule has 0 fully saturated rings. The standard InChI is InChI=1S/C27H45NO3/c1-3-4-5-6-7-8-9-10-11-12-13-14-15-16-17-18-22-28-26(31)27(2)21-19-20-24(23-27)25(29)30/h10-11,19-21H,3-9,12-18,22-23H2,1-2H3,(H,28,31)(H,29,30)/b11-10-. The average Bonchev–Trinajstić information content (AvgIpc) is 2.75. The van der Waals surface area contributed by atoms with Crippen LogP contribution in [-0.4, -0.2) is 23.5 Å². The normalized spacial score (nSPS) is 18.3. The maximum atomic E-state index is 12.5. The molecule has 176 valence electrons. The lowest BCUT2D eigenvalue weighted by atomic mass is 9.79. The van der Waals surface area contributed by atoms with Gasteiger partial charge in [-0.15, -0.1) is 0 Å². The van der Waals surface area contributed by atoms with Gasteiger partial charge in [0.1, 0.15) is 0 Å². The number of aliphatic carboxylic acids is 1. The number of hydrogen-bond donors (Lipinski definition) is 2. The first-order valence-electron chi connectivity index (χ1n) is 12.5. The van der Waals surface area contributed by atoms with Gasteiger partial charge in [0.05, 0.1) is 5.41 Å². The van der Waals surface area contributed by atoms with Gasteiger partial charge in [-0.2, -0.15) is 0 Å². The molecule has 1 atom stereocenters. The smallest absolute Gasteiger partial charge is 0.331 e. The van der Waals surface area contributed by atoms with Crippen LogP contribution in [-0.2, 0) is 9.59 Å². The number of carboxylic acid groups (broad SMARTS) is 1.